The largest absolute Gasteiger partial charge is 0.228 e. The highest BCUT2D eigenvalue weighted by Gasteiger charge is 2.06. The fourth-order valence-electron chi connectivity index (χ4n) is 1.49. The molecule has 0 spiro atoms. The van der Waals surface area contributed by atoms with Gasteiger partial charge in [-0.3, -0.25) is 0 Å². The van der Waals surface area contributed by atoms with E-state index < -0.39 is 0 Å². The van der Waals surface area contributed by atoms with Crippen LogP contribution in [0.1, 0.15) is 36.7 Å². The lowest BCUT2D eigenvalue weighted by atomic mass is 10.1. The number of nitrogens with zero attached hydrogens (tertiary/aromatic N) is 2. The Hall–Kier alpha value is -0.280. The van der Waals surface area contributed by atoms with E-state index in [1.165, 1.54) is 12.0 Å². The summed E-state index contributed by atoms with van der Waals surface area (Å²) in [6, 6.07) is 0. The Bertz CT molecular complexity index is 345. The molecule has 1 unspecified atom stereocenters. The maximum absolute atomic E-state index is 5.72. The summed E-state index contributed by atoms with van der Waals surface area (Å²) < 4.78 is 0. The van der Waals surface area contributed by atoms with E-state index in [-0.39, 0.29) is 0 Å². The van der Waals surface area contributed by atoms with Crippen LogP contribution in [0.15, 0.2) is 5.16 Å². The highest BCUT2D eigenvalue weighted by molar-refractivity contribution is 7.99. The molecule has 0 aliphatic rings. The molecule has 1 heterocycles. The number of hydrogen-bond acceptors (Lipinski definition) is 3. The Morgan fingerprint density at radius 1 is 1.12 bits per heavy atom. The molecule has 0 radical (unpaired) electrons. The Kier molecular flexibility index (Phi) is 6.28. The van der Waals surface area contributed by atoms with Gasteiger partial charge in [0.15, 0.2) is 5.16 Å². The first-order valence-electron chi connectivity index (χ1n) is 6.05. The number of halogens is 1. The van der Waals surface area contributed by atoms with Crippen LogP contribution in [0.4, 0.5) is 0 Å². The topological polar surface area (TPSA) is 25.8 Å². The molecule has 1 aromatic heterocycles. The molecular formula is C13H21ClN2S. The predicted octanol–water partition coefficient (Wildman–Crippen LogP) is 4.15. The summed E-state index contributed by atoms with van der Waals surface area (Å²) in [5.41, 5.74) is 3.38. The zero-order valence-electron chi connectivity index (χ0n) is 11.1. The fourth-order valence-corrected chi connectivity index (χ4v) is 2.97. The van der Waals surface area contributed by atoms with E-state index in [0.717, 1.165) is 34.6 Å². The van der Waals surface area contributed by atoms with Gasteiger partial charge in [0, 0.05) is 23.0 Å². The van der Waals surface area contributed by atoms with E-state index in [1.54, 1.807) is 11.8 Å². The van der Waals surface area contributed by atoms with Crippen LogP contribution in [0, 0.1) is 26.7 Å². The van der Waals surface area contributed by atoms with Crippen molar-refractivity contribution in [2.24, 2.45) is 5.92 Å². The highest BCUT2D eigenvalue weighted by Crippen LogP contribution is 2.20. The normalized spacial score (nSPS) is 12.8. The molecule has 0 aliphatic heterocycles. The molecule has 2 nitrogen and oxygen atoms in total. The van der Waals surface area contributed by atoms with Crippen molar-refractivity contribution in [2.45, 2.75) is 45.7 Å². The predicted molar refractivity (Wildman–Crippen MR) is 76.1 cm³/mol. The highest BCUT2D eigenvalue weighted by atomic mass is 35.5. The third-order valence-corrected chi connectivity index (χ3v) is 4.15. The summed E-state index contributed by atoms with van der Waals surface area (Å²) >= 11 is 7.47. The van der Waals surface area contributed by atoms with Gasteiger partial charge in [0.2, 0.25) is 0 Å². The number of thioether (sulfide) groups is 1. The van der Waals surface area contributed by atoms with Crippen molar-refractivity contribution in [2.75, 3.05) is 11.6 Å². The van der Waals surface area contributed by atoms with Crippen molar-refractivity contribution in [3.05, 3.63) is 17.0 Å². The van der Waals surface area contributed by atoms with Gasteiger partial charge in [0.1, 0.15) is 0 Å². The number of alkyl halides is 1. The van der Waals surface area contributed by atoms with Gasteiger partial charge in [-0.15, -0.1) is 11.6 Å². The van der Waals surface area contributed by atoms with Gasteiger partial charge in [0.25, 0.3) is 0 Å². The summed E-state index contributed by atoms with van der Waals surface area (Å²) in [6.07, 6.45) is 2.27. The van der Waals surface area contributed by atoms with Crippen LogP contribution in [0.3, 0.4) is 0 Å². The van der Waals surface area contributed by atoms with E-state index in [1.807, 2.05) is 13.8 Å². The third kappa shape index (κ3) is 4.84. The maximum atomic E-state index is 5.72. The Morgan fingerprint density at radius 2 is 1.71 bits per heavy atom. The van der Waals surface area contributed by atoms with Crippen LogP contribution in [0.5, 0.6) is 0 Å². The first kappa shape index (κ1) is 14.8. The molecule has 0 saturated carbocycles. The molecule has 1 aromatic rings. The van der Waals surface area contributed by atoms with Crippen molar-refractivity contribution in [1.29, 1.82) is 0 Å². The molecule has 0 bridgehead atoms. The van der Waals surface area contributed by atoms with Gasteiger partial charge in [-0.2, -0.15) is 0 Å². The quantitative estimate of drug-likeness (QED) is 0.442. The Labute approximate surface area is 114 Å². The second-order valence-electron chi connectivity index (χ2n) is 4.52. The Balaban J connectivity index is 2.47. The smallest absolute Gasteiger partial charge is 0.187 e. The van der Waals surface area contributed by atoms with Crippen LogP contribution in [-0.2, 0) is 0 Å². The molecule has 96 valence electrons. The van der Waals surface area contributed by atoms with Crippen molar-refractivity contribution < 1.29 is 0 Å². The molecule has 0 aromatic carbocycles. The zero-order valence-corrected chi connectivity index (χ0v) is 12.7. The minimum atomic E-state index is 0.688. The van der Waals surface area contributed by atoms with E-state index in [2.05, 4.69) is 23.8 Å². The van der Waals surface area contributed by atoms with Crippen molar-refractivity contribution >= 4 is 23.4 Å². The summed E-state index contributed by atoms with van der Waals surface area (Å²) in [7, 11) is 0. The first-order valence-corrected chi connectivity index (χ1v) is 7.57. The molecule has 1 rings (SSSR count). The average Bonchev–Trinajstić information content (AvgIpc) is 2.26. The molecule has 0 fully saturated rings. The SMILES string of the molecule is Cc1nc(SCCC(C)CCCl)nc(C)c1C. The molecule has 4 heteroatoms. The van der Waals surface area contributed by atoms with E-state index in [0.29, 0.717) is 5.92 Å². The summed E-state index contributed by atoms with van der Waals surface area (Å²) in [5.74, 6) is 2.51. The van der Waals surface area contributed by atoms with Crippen LogP contribution < -0.4 is 0 Å². The molecule has 17 heavy (non-hydrogen) atoms. The third-order valence-electron chi connectivity index (χ3n) is 3.06. The van der Waals surface area contributed by atoms with Gasteiger partial charge in [-0.1, -0.05) is 18.7 Å². The number of hydrogen-bond donors (Lipinski definition) is 0. The minimum absolute atomic E-state index is 0.688. The van der Waals surface area contributed by atoms with Gasteiger partial charge in [0.05, 0.1) is 0 Å². The van der Waals surface area contributed by atoms with Gasteiger partial charge < -0.3 is 0 Å². The van der Waals surface area contributed by atoms with E-state index in [4.69, 9.17) is 11.6 Å². The standard InChI is InChI=1S/C13H21ClN2S/c1-9(5-7-14)6-8-17-13-15-11(3)10(2)12(4)16-13/h9H,5-8H2,1-4H3. The maximum Gasteiger partial charge on any atom is 0.187 e. The van der Waals surface area contributed by atoms with Crippen LogP contribution >= 0.6 is 23.4 Å². The average molecular weight is 273 g/mol. The molecule has 0 N–H and O–H groups in total. The molecule has 0 saturated heterocycles. The molecule has 0 aliphatic carbocycles. The van der Waals surface area contributed by atoms with Gasteiger partial charge >= 0.3 is 0 Å². The second-order valence-corrected chi connectivity index (χ2v) is 5.96. The van der Waals surface area contributed by atoms with Crippen molar-refractivity contribution in [3.63, 3.8) is 0 Å². The first-order chi connectivity index (χ1) is 8.04. The van der Waals surface area contributed by atoms with Crippen LogP contribution in [0.25, 0.3) is 0 Å². The summed E-state index contributed by atoms with van der Waals surface area (Å²) in [4.78, 5) is 9.00. The fraction of sp³-hybridized carbons (Fsp3) is 0.692. The van der Waals surface area contributed by atoms with E-state index >= 15 is 0 Å². The number of aryl methyl sites for hydroxylation is 2. The van der Waals surface area contributed by atoms with Crippen molar-refractivity contribution in [1.82, 2.24) is 9.97 Å². The lowest BCUT2D eigenvalue weighted by Crippen LogP contribution is -2.00. The van der Waals surface area contributed by atoms with Gasteiger partial charge in [-0.05, 0) is 45.1 Å². The van der Waals surface area contributed by atoms with Crippen LogP contribution in [0.2, 0.25) is 0 Å². The number of aromatic nitrogens is 2. The lowest BCUT2D eigenvalue weighted by molar-refractivity contribution is 0.551. The number of rotatable bonds is 6. The second kappa shape index (κ2) is 7.22. The molecule has 0 amide bonds. The summed E-state index contributed by atoms with van der Waals surface area (Å²) in [6.45, 7) is 8.41. The van der Waals surface area contributed by atoms with E-state index in [9.17, 15) is 0 Å². The minimum Gasteiger partial charge on any atom is -0.228 e. The lowest BCUT2D eigenvalue weighted by Gasteiger charge is -2.09. The van der Waals surface area contributed by atoms with Gasteiger partial charge in [-0.25, -0.2) is 9.97 Å². The molecular weight excluding hydrogens is 252 g/mol. The Morgan fingerprint density at radius 3 is 2.24 bits per heavy atom. The van der Waals surface area contributed by atoms with Crippen LogP contribution in [-0.4, -0.2) is 21.6 Å². The zero-order chi connectivity index (χ0) is 12.8. The molecule has 1 atom stereocenters. The summed E-state index contributed by atoms with van der Waals surface area (Å²) in [5, 5.41) is 0.906. The monoisotopic (exact) mass is 272 g/mol. The van der Waals surface area contributed by atoms with Crippen molar-refractivity contribution in [3.8, 4) is 0 Å².